The van der Waals surface area contributed by atoms with Gasteiger partial charge in [0.05, 0.1) is 9.75 Å². The highest BCUT2D eigenvalue weighted by atomic mass is 32.1. The Morgan fingerprint density at radius 1 is 0.643 bits per heavy atom. The molecule has 1 aromatic carbocycles. The van der Waals surface area contributed by atoms with Crippen molar-refractivity contribution >= 4 is 44.4 Å². The zero-order chi connectivity index (χ0) is 28.9. The van der Waals surface area contributed by atoms with Crippen molar-refractivity contribution in [1.29, 1.82) is 21.0 Å². The highest BCUT2D eigenvalue weighted by Gasteiger charge is 2.48. The second-order valence-corrected chi connectivity index (χ2v) is 12.8. The number of rotatable bonds is 2. The predicted molar refractivity (Wildman–Crippen MR) is 156 cm³/mol. The van der Waals surface area contributed by atoms with Gasteiger partial charge in [-0.05, 0) is 63.5 Å². The smallest absolute Gasteiger partial charge is 0.220 e. The van der Waals surface area contributed by atoms with E-state index in [0.717, 1.165) is 96.5 Å². The zero-order valence-electron chi connectivity index (χ0n) is 22.4. The molecular formula is C30H22N8O2S2. The van der Waals surface area contributed by atoms with Crippen molar-refractivity contribution in [2.75, 3.05) is 0 Å². The number of nitrogens with zero attached hydrogens (tertiary/aromatic N) is 8. The lowest BCUT2D eigenvalue weighted by Crippen LogP contribution is -2.39. The second-order valence-electron chi connectivity index (χ2n) is 10.9. The molecule has 0 unspecified atom stereocenters. The number of ether oxygens (including phenoxy) is 2. The molecule has 0 atom stereocenters. The van der Waals surface area contributed by atoms with Gasteiger partial charge in [0, 0.05) is 11.1 Å². The Labute approximate surface area is 249 Å². The number of hydrogen-bond donors (Lipinski definition) is 0. The second kappa shape index (κ2) is 10.0. The topological polar surface area (TPSA) is 164 Å². The Kier molecular flexibility index (Phi) is 6.28. The third-order valence-corrected chi connectivity index (χ3v) is 10.4. The highest BCUT2D eigenvalue weighted by Crippen LogP contribution is 2.60. The summed E-state index contributed by atoms with van der Waals surface area (Å²) in [5.74, 6) is 1.43. The van der Waals surface area contributed by atoms with Crippen LogP contribution in [-0.2, 0) is 11.2 Å². The lowest BCUT2D eigenvalue weighted by Gasteiger charge is -2.42. The number of benzene rings is 1. The number of nitriles is 4. The maximum Gasteiger partial charge on any atom is 0.220 e. The van der Waals surface area contributed by atoms with Crippen molar-refractivity contribution in [3.63, 3.8) is 0 Å². The van der Waals surface area contributed by atoms with E-state index in [2.05, 4.69) is 9.98 Å². The molecule has 0 N–H and O–H groups in total. The van der Waals surface area contributed by atoms with E-state index < -0.39 is 11.2 Å². The first-order chi connectivity index (χ1) is 20.5. The minimum atomic E-state index is -0.612. The molecule has 2 saturated carbocycles. The Hall–Kier alpha value is -4.62. The molecule has 4 aliphatic rings. The van der Waals surface area contributed by atoms with E-state index in [1.807, 2.05) is 36.4 Å². The molecule has 2 aliphatic carbocycles. The van der Waals surface area contributed by atoms with Crippen LogP contribution in [0.4, 0.5) is 10.3 Å². The van der Waals surface area contributed by atoms with Gasteiger partial charge >= 0.3 is 0 Å². The van der Waals surface area contributed by atoms with E-state index in [0.29, 0.717) is 21.8 Å². The van der Waals surface area contributed by atoms with Gasteiger partial charge < -0.3 is 9.47 Å². The van der Waals surface area contributed by atoms with Crippen molar-refractivity contribution in [1.82, 2.24) is 9.97 Å². The van der Waals surface area contributed by atoms with Crippen LogP contribution in [0.2, 0.25) is 0 Å². The van der Waals surface area contributed by atoms with Crippen molar-refractivity contribution in [3.05, 3.63) is 23.5 Å². The van der Waals surface area contributed by atoms with E-state index in [1.54, 1.807) is 0 Å². The van der Waals surface area contributed by atoms with Crippen LogP contribution in [0.3, 0.4) is 0 Å². The molecule has 10 nitrogen and oxygen atoms in total. The predicted octanol–water partition coefficient (Wildman–Crippen LogP) is 7.28. The first-order valence-corrected chi connectivity index (χ1v) is 15.5. The van der Waals surface area contributed by atoms with Crippen LogP contribution in [0.5, 0.6) is 11.5 Å². The summed E-state index contributed by atoms with van der Waals surface area (Å²) in [4.78, 5) is 20.0. The molecular weight excluding hydrogens is 569 g/mol. The summed E-state index contributed by atoms with van der Waals surface area (Å²) >= 11 is 2.72. The van der Waals surface area contributed by atoms with Crippen LogP contribution in [-0.4, -0.2) is 21.4 Å². The highest BCUT2D eigenvalue weighted by molar-refractivity contribution is 7.19. The average Bonchev–Trinajstić information content (AvgIpc) is 3.65. The molecule has 0 saturated heterocycles. The molecule has 2 fully saturated rings. The van der Waals surface area contributed by atoms with Gasteiger partial charge in [-0.1, -0.05) is 35.5 Å². The number of aliphatic imine (C=N–C) groups is 2. The fourth-order valence-corrected chi connectivity index (χ4v) is 8.67. The quantitative estimate of drug-likeness (QED) is 0.281. The van der Waals surface area contributed by atoms with Gasteiger partial charge in [-0.2, -0.15) is 31.0 Å². The van der Waals surface area contributed by atoms with Crippen LogP contribution >= 0.6 is 22.7 Å². The van der Waals surface area contributed by atoms with E-state index in [9.17, 15) is 21.0 Å². The monoisotopic (exact) mass is 590 g/mol. The summed E-state index contributed by atoms with van der Waals surface area (Å²) in [6.07, 6.45) is 9.49. The summed E-state index contributed by atoms with van der Waals surface area (Å²) in [5.41, 5.74) is 1.63. The van der Waals surface area contributed by atoms with Crippen molar-refractivity contribution in [2.24, 2.45) is 9.98 Å². The summed E-state index contributed by atoms with van der Waals surface area (Å²) in [5, 5.41) is 37.9. The molecule has 2 aliphatic heterocycles. The van der Waals surface area contributed by atoms with Crippen molar-refractivity contribution in [2.45, 2.75) is 75.4 Å². The largest absolute Gasteiger partial charge is 0.480 e. The lowest BCUT2D eigenvalue weighted by atomic mass is 9.78. The number of fused-ring (bicyclic) bond motifs is 8. The Balaban J connectivity index is 1.42. The van der Waals surface area contributed by atoms with Crippen molar-refractivity contribution in [3.8, 4) is 56.7 Å². The average molecular weight is 591 g/mol. The Morgan fingerprint density at radius 2 is 1.02 bits per heavy atom. The van der Waals surface area contributed by atoms with Crippen molar-refractivity contribution < 1.29 is 9.47 Å². The van der Waals surface area contributed by atoms with Gasteiger partial charge in [0.2, 0.25) is 21.7 Å². The van der Waals surface area contributed by atoms with Crippen LogP contribution in [0.1, 0.15) is 75.6 Å². The molecule has 2 aromatic heterocycles. The normalized spacial score (nSPS) is 18.2. The van der Waals surface area contributed by atoms with Crippen LogP contribution in [0.25, 0.3) is 20.9 Å². The number of aromatic nitrogens is 2. The molecule has 12 heteroatoms. The summed E-state index contributed by atoms with van der Waals surface area (Å²) in [6, 6.07) is 11.3. The van der Waals surface area contributed by atoms with Gasteiger partial charge in [-0.3, -0.25) is 0 Å². The van der Waals surface area contributed by atoms with Gasteiger partial charge in [0.15, 0.2) is 11.2 Å². The van der Waals surface area contributed by atoms with Gasteiger partial charge in [0.1, 0.15) is 47.2 Å². The molecule has 42 heavy (non-hydrogen) atoms. The minimum Gasteiger partial charge on any atom is -0.480 e. The van der Waals surface area contributed by atoms with Gasteiger partial charge in [-0.15, -0.1) is 0 Å². The van der Waals surface area contributed by atoms with Crippen LogP contribution in [0.15, 0.2) is 22.1 Å². The fourth-order valence-electron chi connectivity index (χ4n) is 6.56. The third kappa shape index (κ3) is 4.07. The first kappa shape index (κ1) is 26.3. The SMILES string of the molecule is N#CC(C#N)=Nc1nc2c(s1)-c1cc3c(cc1OC21CCCCC1)-c1sc(N=C(C#N)C#N)nc1C1(CCCCC1)O3. The Morgan fingerprint density at radius 3 is 1.38 bits per heavy atom. The fraction of sp³-hybridized carbons (Fsp3) is 0.400. The maximum absolute atomic E-state index is 9.29. The Bertz CT molecular complexity index is 1690. The third-order valence-electron chi connectivity index (χ3n) is 8.44. The summed E-state index contributed by atoms with van der Waals surface area (Å²) in [6.45, 7) is 0. The van der Waals surface area contributed by atoms with Crippen LogP contribution in [0, 0.1) is 45.3 Å². The molecule has 0 amide bonds. The van der Waals surface area contributed by atoms with E-state index in [1.165, 1.54) is 22.7 Å². The molecule has 7 rings (SSSR count). The summed E-state index contributed by atoms with van der Waals surface area (Å²) < 4.78 is 13.7. The minimum absolute atomic E-state index is 0.236. The number of thiazole rings is 2. The number of hydrogen-bond acceptors (Lipinski definition) is 12. The van der Waals surface area contributed by atoms with Gasteiger partial charge in [-0.25, -0.2) is 9.97 Å². The zero-order valence-corrected chi connectivity index (χ0v) is 24.1. The molecule has 2 spiro atoms. The van der Waals surface area contributed by atoms with E-state index in [4.69, 9.17) is 19.4 Å². The molecule has 0 bridgehead atoms. The molecule has 3 aromatic rings. The molecule has 206 valence electrons. The summed E-state index contributed by atoms with van der Waals surface area (Å²) in [7, 11) is 0. The first-order valence-electron chi connectivity index (χ1n) is 13.9. The van der Waals surface area contributed by atoms with E-state index in [-0.39, 0.29) is 11.4 Å². The van der Waals surface area contributed by atoms with Crippen LogP contribution < -0.4 is 9.47 Å². The standard InChI is InChI=1S/C30H22N8O2S2/c31-13-17(14-32)35-27-37-25-23(41-27)19-12-22-20(11-21(19)39-29(25)7-3-1-4-8-29)24-26(30(40-22)9-5-2-6-10-30)38-28(42-24)36-18(15-33)16-34/h11-12H,1-10H2. The molecule has 4 heterocycles. The maximum atomic E-state index is 9.29. The molecule has 0 radical (unpaired) electrons. The lowest BCUT2D eigenvalue weighted by molar-refractivity contribution is 0.0164. The van der Waals surface area contributed by atoms with E-state index >= 15 is 0 Å². The van der Waals surface area contributed by atoms with Gasteiger partial charge in [0.25, 0.3) is 0 Å².